The Balaban J connectivity index is 1.70. The SMILES string of the molecule is CCN(CC)c1ccc(N=Cc2ccccc2OCc2ccccc2)cc1. The minimum Gasteiger partial charge on any atom is -0.488 e. The third-order valence-electron chi connectivity index (χ3n) is 4.49. The maximum absolute atomic E-state index is 5.99. The van der Waals surface area contributed by atoms with Crippen molar-refractivity contribution < 1.29 is 4.74 Å². The molecule has 3 nitrogen and oxygen atoms in total. The van der Waals surface area contributed by atoms with Crippen LogP contribution in [-0.2, 0) is 6.61 Å². The Labute approximate surface area is 162 Å². The Morgan fingerprint density at radius 2 is 1.48 bits per heavy atom. The summed E-state index contributed by atoms with van der Waals surface area (Å²) in [6.07, 6.45) is 1.87. The summed E-state index contributed by atoms with van der Waals surface area (Å²) in [7, 11) is 0. The maximum atomic E-state index is 5.99. The van der Waals surface area contributed by atoms with Crippen LogP contribution in [0, 0.1) is 0 Å². The van der Waals surface area contributed by atoms with Crippen molar-refractivity contribution in [3.05, 3.63) is 90.0 Å². The summed E-state index contributed by atoms with van der Waals surface area (Å²) in [5.74, 6) is 0.838. The second-order valence-corrected chi connectivity index (χ2v) is 6.26. The molecular weight excluding hydrogens is 332 g/mol. The molecule has 0 bridgehead atoms. The zero-order valence-electron chi connectivity index (χ0n) is 16.0. The van der Waals surface area contributed by atoms with Crippen LogP contribution in [0.4, 0.5) is 11.4 Å². The van der Waals surface area contributed by atoms with Crippen LogP contribution in [0.2, 0.25) is 0 Å². The van der Waals surface area contributed by atoms with Gasteiger partial charge in [-0.05, 0) is 55.8 Å². The second kappa shape index (κ2) is 9.58. The highest BCUT2D eigenvalue weighted by Gasteiger charge is 2.03. The van der Waals surface area contributed by atoms with Crippen LogP contribution in [0.3, 0.4) is 0 Å². The first-order chi connectivity index (χ1) is 13.3. The Kier molecular flexibility index (Phi) is 6.64. The molecule has 0 unspecified atom stereocenters. The molecule has 0 radical (unpaired) electrons. The van der Waals surface area contributed by atoms with Gasteiger partial charge in [0, 0.05) is 30.6 Å². The predicted molar refractivity (Wildman–Crippen MR) is 114 cm³/mol. The number of para-hydroxylation sites is 1. The van der Waals surface area contributed by atoms with E-state index in [4.69, 9.17) is 4.74 Å². The molecular formula is C24H26N2O. The van der Waals surface area contributed by atoms with Gasteiger partial charge in [0.1, 0.15) is 12.4 Å². The summed E-state index contributed by atoms with van der Waals surface area (Å²) in [5.41, 5.74) is 4.28. The molecule has 0 atom stereocenters. The largest absolute Gasteiger partial charge is 0.488 e. The van der Waals surface area contributed by atoms with Crippen molar-refractivity contribution in [2.45, 2.75) is 20.5 Å². The predicted octanol–water partition coefficient (Wildman–Crippen LogP) is 5.86. The van der Waals surface area contributed by atoms with Crippen LogP contribution >= 0.6 is 0 Å². The molecule has 0 saturated heterocycles. The molecule has 3 aromatic rings. The van der Waals surface area contributed by atoms with Crippen molar-refractivity contribution in [1.29, 1.82) is 0 Å². The van der Waals surface area contributed by atoms with Crippen molar-refractivity contribution in [1.82, 2.24) is 0 Å². The van der Waals surface area contributed by atoms with Gasteiger partial charge in [0.15, 0.2) is 0 Å². The molecule has 0 fully saturated rings. The molecule has 27 heavy (non-hydrogen) atoms. The number of benzene rings is 3. The number of rotatable bonds is 8. The molecule has 0 saturated carbocycles. The average Bonchev–Trinajstić information content (AvgIpc) is 2.74. The molecule has 0 spiro atoms. The smallest absolute Gasteiger partial charge is 0.128 e. The van der Waals surface area contributed by atoms with E-state index in [-0.39, 0.29) is 0 Å². The maximum Gasteiger partial charge on any atom is 0.128 e. The average molecular weight is 358 g/mol. The highest BCUT2D eigenvalue weighted by molar-refractivity contribution is 5.85. The lowest BCUT2D eigenvalue weighted by Crippen LogP contribution is -2.21. The van der Waals surface area contributed by atoms with Gasteiger partial charge >= 0.3 is 0 Å². The number of hydrogen-bond donors (Lipinski definition) is 0. The van der Waals surface area contributed by atoms with E-state index in [2.05, 4.69) is 60.1 Å². The van der Waals surface area contributed by atoms with Crippen molar-refractivity contribution in [2.75, 3.05) is 18.0 Å². The first-order valence-electron chi connectivity index (χ1n) is 9.45. The fourth-order valence-corrected chi connectivity index (χ4v) is 2.94. The highest BCUT2D eigenvalue weighted by Crippen LogP contribution is 2.22. The van der Waals surface area contributed by atoms with Crippen molar-refractivity contribution in [3.8, 4) is 5.75 Å². The number of nitrogens with zero attached hydrogens (tertiary/aromatic N) is 2. The molecule has 0 heterocycles. The van der Waals surface area contributed by atoms with Crippen LogP contribution < -0.4 is 9.64 Å². The fraction of sp³-hybridized carbons (Fsp3) is 0.208. The number of ether oxygens (including phenoxy) is 1. The number of anilines is 1. The van der Waals surface area contributed by atoms with Gasteiger partial charge in [-0.15, -0.1) is 0 Å². The summed E-state index contributed by atoms with van der Waals surface area (Å²) >= 11 is 0. The van der Waals surface area contributed by atoms with E-state index in [9.17, 15) is 0 Å². The van der Waals surface area contributed by atoms with Crippen LogP contribution in [0.5, 0.6) is 5.75 Å². The molecule has 0 aliphatic carbocycles. The molecule has 3 rings (SSSR count). The minimum absolute atomic E-state index is 0.546. The first-order valence-corrected chi connectivity index (χ1v) is 9.45. The van der Waals surface area contributed by atoms with E-state index in [0.29, 0.717) is 6.61 Å². The third kappa shape index (κ3) is 5.20. The lowest BCUT2D eigenvalue weighted by Gasteiger charge is -2.20. The summed E-state index contributed by atoms with van der Waals surface area (Å²) in [4.78, 5) is 6.94. The lowest BCUT2D eigenvalue weighted by molar-refractivity contribution is 0.306. The van der Waals surface area contributed by atoms with Gasteiger partial charge < -0.3 is 9.64 Å². The Hall–Kier alpha value is -3.07. The van der Waals surface area contributed by atoms with Gasteiger partial charge in [-0.25, -0.2) is 0 Å². The molecule has 138 valence electrons. The topological polar surface area (TPSA) is 24.8 Å². The molecule has 3 heteroatoms. The van der Waals surface area contributed by atoms with E-state index in [1.165, 1.54) is 5.69 Å². The second-order valence-electron chi connectivity index (χ2n) is 6.26. The molecule has 0 aromatic heterocycles. The molecule has 3 aromatic carbocycles. The summed E-state index contributed by atoms with van der Waals surface area (Å²) in [5, 5.41) is 0. The molecule has 0 aliphatic heterocycles. The van der Waals surface area contributed by atoms with Gasteiger partial charge in [-0.3, -0.25) is 4.99 Å². The van der Waals surface area contributed by atoms with Crippen LogP contribution in [0.25, 0.3) is 0 Å². The van der Waals surface area contributed by atoms with E-state index in [1.807, 2.05) is 48.7 Å². The van der Waals surface area contributed by atoms with E-state index >= 15 is 0 Å². The zero-order valence-corrected chi connectivity index (χ0v) is 16.0. The van der Waals surface area contributed by atoms with Crippen LogP contribution in [0.15, 0.2) is 83.9 Å². The Morgan fingerprint density at radius 3 is 2.19 bits per heavy atom. The van der Waals surface area contributed by atoms with Crippen LogP contribution in [-0.4, -0.2) is 19.3 Å². The van der Waals surface area contributed by atoms with E-state index in [1.54, 1.807) is 0 Å². The summed E-state index contributed by atoms with van der Waals surface area (Å²) in [6.45, 7) is 6.89. The summed E-state index contributed by atoms with van der Waals surface area (Å²) in [6, 6.07) is 26.5. The van der Waals surface area contributed by atoms with Gasteiger partial charge in [0.2, 0.25) is 0 Å². The summed E-state index contributed by atoms with van der Waals surface area (Å²) < 4.78 is 5.99. The van der Waals surface area contributed by atoms with Gasteiger partial charge in [-0.1, -0.05) is 42.5 Å². The van der Waals surface area contributed by atoms with Gasteiger partial charge in [0.25, 0.3) is 0 Å². The Morgan fingerprint density at radius 1 is 0.815 bits per heavy atom. The highest BCUT2D eigenvalue weighted by atomic mass is 16.5. The van der Waals surface area contributed by atoms with Crippen molar-refractivity contribution >= 4 is 17.6 Å². The van der Waals surface area contributed by atoms with E-state index < -0.39 is 0 Å². The van der Waals surface area contributed by atoms with Gasteiger partial charge in [0.05, 0.1) is 5.69 Å². The monoisotopic (exact) mass is 358 g/mol. The van der Waals surface area contributed by atoms with E-state index in [0.717, 1.165) is 35.7 Å². The quantitative estimate of drug-likeness (QED) is 0.471. The minimum atomic E-state index is 0.546. The van der Waals surface area contributed by atoms with Crippen molar-refractivity contribution in [3.63, 3.8) is 0 Å². The standard InChI is InChI=1S/C24H26N2O/c1-3-26(4-2)23-16-14-22(15-17-23)25-18-21-12-8-9-13-24(21)27-19-20-10-6-5-7-11-20/h5-18H,3-4,19H2,1-2H3. The molecule has 0 aliphatic rings. The molecule has 0 amide bonds. The third-order valence-corrected chi connectivity index (χ3v) is 4.49. The number of hydrogen-bond acceptors (Lipinski definition) is 3. The van der Waals surface area contributed by atoms with Crippen molar-refractivity contribution in [2.24, 2.45) is 4.99 Å². The van der Waals surface area contributed by atoms with Crippen LogP contribution in [0.1, 0.15) is 25.0 Å². The number of aliphatic imine (C=N–C) groups is 1. The fourth-order valence-electron chi connectivity index (χ4n) is 2.94. The zero-order chi connectivity index (χ0) is 18.9. The lowest BCUT2D eigenvalue weighted by atomic mass is 10.2. The Bertz CT molecular complexity index is 853. The normalized spacial score (nSPS) is 10.9. The first kappa shape index (κ1) is 18.7. The molecule has 0 N–H and O–H groups in total. The van der Waals surface area contributed by atoms with Gasteiger partial charge in [-0.2, -0.15) is 0 Å².